The van der Waals surface area contributed by atoms with Crippen LogP contribution in [0.1, 0.15) is 11.4 Å². The number of fused-ring (bicyclic) bond motifs is 1. The maximum absolute atomic E-state index is 12.7. The van der Waals surface area contributed by atoms with E-state index in [1.165, 1.54) is 6.07 Å². The van der Waals surface area contributed by atoms with Gasteiger partial charge in [0.25, 0.3) is 0 Å². The van der Waals surface area contributed by atoms with Gasteiger partial charge in [0.1, 0.15) is 5.82 Å². The number of aromatic nitrogens is 3. The van der Waals surface area contributed by atoms with E-state index in [0.29, 0.717) is 22.6 Å². The quantitative estimate of drug-likeness (QED) is 0.678. The van der Waals surface area contributed by atoms with Crippen molar-refractivity contribution in [1.29, 1.82) is 0 Å². The Balaban J connectivity index is 2.13. The number of benzene rings is 1. The molecule has 3 nitrogen and oxygen atoms in total. The largest absolute Gasteiger partial charge is 0.416 e. The second kappa shape index (κ2) is 4.33. The highest BCUT2D eigenvalue weighted by atomic mass is 19.4. The first-order valence-corrected chi connectivity index (χ1v) is 5.94. The average molecular weight is 277 g/mol. The molecule has 0 saturated heterocycles. The van der Waals surface area contributed by atoms with Gasteiger partial charge in [-0.25, -0.2) is 0 Å². The van der Waals surface area contributed by atoms with Crippen molar-refractivity contribution >= 4 is 5.65 Å². The summed E-state index contributed by atoms with van der Waals surface area (Å²) >= 11 is 0. The van der Waals surface area contributed by atoms with Crippen LogP contribution in [0.3, 0.4) is 0 Å². The van der Waals surface area contributed by atoms with Crippen LogP contribution in [-0.2, 0) is 6.18 Å². The van der Waals surface area contributed by atoms with Crippen LogP contribution in [0.2, 0.25) is 0 Å². The summed E-state index contributed by atoms with van der Waals surface area (Å²) in [5.74, 6) is 0.689. The minimum atomic E-state index is -4.34. The van der Waals surface area contributed by atoms with E-state index in [0.717, 1.165) is 12.1 Å². The molecule has 3 rings (SSSR count). The molecule has 0 aliphatic heterocycles. The molecule has 1 aromatic carbocycles. The Morgan fingerprint density at radius 2 is 1.80 bits per heavy atom. The van der Waals surface area contributed by atoms with Crippen molar-refractivity contribution in [2.45, 2.75) is 13.1 Å². The van der Waals surface area contributed by atoms with Gasteiger partial charge in [0.15, 0.2) is 5.65 Å². The van der Waals surface area contributed by atoms with E-state index in [1.807, 2.05) is 0 Å². The van der Waals surface area contributed by atoms with Gasteiger partial charge in [-0.15, -0.1) is 10.2 Å². The Morgan fingerprint density at radius 1 is 1.00 bits per heavy atom. The van der Waals surface area contributed by atoms with E-state index in [-0.39, 0.29) is 0 Å². The van der Waals surface area contributed by atoms with Gasteiger partial charge >= 0.3 is 6.18 Å². The first-order chi connectivity index (χ1) is 9.45. The van der Waals surface area contributed by atoms with Crippen molar-refractivity contribution in [1.82, 2.24) is 14.6 Å². The maximum atomic E-state index is 12.7. The van der Waals surface area contributed by atoms with Crippen molar-refractivity contribution in [3.05, 3.63) is 54.0 Å². The number of hydrogen-bond acceptors (Lipinski definition) is 2. The average Bonchev–Trinajstić information content (AvgIpc) is 2.79. The molecule has 2 heterocycles. The Bertz CT molecular complexity index is 775. The highest BCUT2D eigenvalue weighted by Gasteiger charge is 2.30. The Kier molecular flexibility index (Phi) is 2.74. The van der Waals surface area contributed by atoms with Crippen LogP contribution in [0.5, 0.6) is 0 Å². The van der Waals surface area contributed by atoms with Crippen molar-refractivity contribution in [2.75, 3.05) is 0 Å². The number of nitrogens with zero attached hydrogens (tertiary/aromatic N) is 3. The van der Waals surface area contributed by atoms with Crippen molar-refractivity contribution < 1.29 is 13.2 Å². The summed E-state index contributed by atoms with van der Waals surface area (Å²) in [6, 6.07) is 8.72. The molecule has 2 aromatic heterocycles. The van der Waals surface area contributed by atoms with Gasteiger partial charge in [-0.2, -0.15) is 13.2 Å². The summed E-state index contributed by atoms with van der Waals surface area (Å²) in [7, 11) is 0. The van der Waals surface area contributed by atoms with E-state index in [4.69, 9.17) is 0 Å². The van der Waals surface area contributed by atoms with E-state index < -0.39 is 11.7 Å². The van der Waals surface area contributed by atoms with Crippen molar-refractivity contribution in [2.24, 2.45) is 0 Å². The lowest BCUT2D eigenvalue weighted by molar-refractivity contribution is -0.137. The molecule has 0 saturated carbocycles. The van der Waals surface area contributed by atoms with E-state index in [1.54, 1.807) is 35.7 Å². The van der Waals surface area contributed by atoms with Gasteiger partial charge in [-0.1, -0.05) is 12.1 Å². The third kappa shape index (κ3) is 2.13. The number of hydrogen-bond donors (Lipinski definition) is 0. The molecule has 0 atom stereocenters. The van der Waals surface area contributed by atoms with Crippen LogP contribution >= 0.6 is 0 Å². The molecule has 0 unspecified atom stereocenters. The van der Waals surface area contributed by atoms with E-state index in [2.05, 4.69) is 10.2 Å². The lowest BCUT2D eigenvalue weighted by atomic mass is 10.0. The minimum Gasteiger partial charge on any atom is -0.286 e. The number of pyridine rings is 1. The molecular weight excluding hydrogens is 267 g/mol. The maximum Gasteiger partial charge on any atom is 0.416 e. The normalized spacial score (nSPS) is 12.0. The molecule has 20 heavy (non-hydrogen) atoms. The van der Waals surface area contributed by atoms with Crippen LogP contribution in [0.4, 0.5) is 13.2 Å². The topological polar surface area (TPSA) is 30.2 Å². The molecule has 6 heteroatoms. The van der Waals surface area contributed by atoms with E-state index >= 15 is 0 Å². The Hall–Kier alpha value is -2.37. The van der Waals surface area contributed by atoms with Gasteiger partial charge in [-0.3, -0.25) is 4.40 Å². The predicted molar refractivity (Wildman–Crippen MR) is 68.2 cm³/mol. The zero-order valence-electron chi connectivity index (χ0n) is 10.5. The van der Waals surface area contributed by atoms with E-state index in [9.17, 15) is 13.2 Å². The summed E-state index contributed by atoms with van der Waals surface area (Å²) in [5, 5.41) is 7.86. The second-order valence-corrected chi connectivity index (χ2v) is 4.47. The second-order valence-electron chi connectivity index (χ2n) is 4.47. The van der Waals surface area contributed by atoms with Gasteiger partial charge in [0.2, 0.25) is 0 Å². The summed E-state index contributed by atoms with van der Waals surface area (Å²) < 4.78 is 39.9. The third-order valence-electron chi connectivity index (χ3n) is 3.10. The molecular formula is C14H10F3N3. The Labute approximate surface area is 112 Å². The molecule has 0 bridgehead atoms. The summed E-state index contributed by atoms with van der Waals surface area (Å²) in [4.78, 5) is 0. The fourth-order valence-corrected chi connectivity index (χ4v) is 2.05. The first kappa shape index (κ1) is 12.7. The smallest absolute Gasteiger partial charge is 0.286 e. The van der Waals surface area contributed by atoms with Crippen LogP contribution in [-0.4, -0.2) is 14.6 Å². The summed E-state index contributed by atoms with van der Waals surface area (Å²) in [6.45, 7) is 1.79. The Morgan fingerprint density at radius 3 is 2.55 bits per heavy atom. The number of rotatable bonds is 1. The van der Waals surface area contributed by atoms with Gasteiger partial charge in [0, 0.05) is 6.20 Å². The molecule has 0 aliphatic rings. The summed E-state index contributed by atoms with van der Waals surface area (Å²) in [5.41, 5.74) is 1.20. The van der Waals surface area contributed by atoms with Crippen LogP contribution < -0.4 is 0 Å². The molecule has 0 spiro atoms. The standard InChI is InChI=1S/C14H10F3N3/c1-9-18-19-13-6-5-11(8-20(9)13)10-3-2-4-12(7-10)14(15,16)17/h2-8H,1H3. The monoisotopic (exact) mass is 277 g/mol. The highest BCUT2D eigenvalue weighted by Crippen LogP contribution is 2.32. The van der Waals surface area contributed by atoms with Gasteiger partial charge in [-0.05, 0) is 42.3 Å². The number of aryl methyl sites for hydroxylation is 1. The SMILES string of the molecule is Cc1nnc2ccc(-c3cccc(C(F)(F)F)c3)cn12. The first-order valence-electron chi connectivity index (χ1n) is 5.94. The lowest BCUT2D eigenvalue weighted by Crippen LogP contribution is -2.04. The molecule has 102 valence electrons. The third-order valence-corrected chi connectivity index (χ3v) is 3.10. The zero-order valence-corrected chi connectivity index (χ0v) is 10.5. The molecule has 0 fully saturated rings. The predicted octanol–water partition coefficient (Wildman–Crippen LogP) is 3.72. The molecule has 0 N–H and O–H groups in total. The van der Waals surface area contributed by atoms with Crippen LogP contribution in [0, 0.1) is 6.92 Å². The van der Waals surface area contributed by atoms with Crippen molar-refractivity contribution in [3.63, 3.8) is 0 Å². The van der Waals surface area contributed by atoms with Crippen LogP contribution in [0.25, 0.3) is 16.8 Å². The lowest BCUT2D eigenvalue weighted by Gasteiger charge is -2.09. The molecule has 0 radical (unpaired) electrons. The molecule has 0 aliphatic carbocycles. The number of halogens is 3. The van der Waals surface area contributed by atoms with Crippen molar-refractivity contribution in [3.8, 4) is 11.1 Å². The van der Waals surface area contributed by atoms with Crippen LogP contribution in [0.15, 0.2) is 42.6 Å². The molecule has 3 aromatic rings. The minimum absolute atomic E-state index is 0.509. The zero-order chi connectivity index (χ0) is 14.3. The number of alkyl halides is 3. The highest BCUT2D eigenvalue weighted by molar-refractivity contribution is 5.65. The summed E-state index contributed by atoms with van der Waals surface area (Å²) in [6.07, 6.45) is -2.60. The molecule has 0 amide bonds. The fraction of sp³-hybridized carbons (Fsp3) is 0.143. The fourth-order valence-electron chi connectivity index (χ4n) is 2.05. The van der Waals surface area contributed by atoms with Gasteiger partial charge in [0.05, 0.1) is 5.56 Å². The van der Waals surface area contributed by atoms with Gasteiger partial charge < -0.3 is 0 Å².